The predicted octanol–water partition coefficient (Wildman–Crippen LogP) is 1.52. The normalized spacial score (nSPS) is 18.4. The Kier molecular flexibility index (Phi) is 5.76. The highest BCUT2D eigenvalue weighted by molar-refractivity contribution is 9.10. The fourth-order valence-electron chi connectivity index (χ4n) is 2.56. The summed E-state index contributed by atoms with van der Waals surface area (Å²) < 4.78 is 0.834. The number of piperidine rings is 1. The third kappa shape index (κ3) is 4.28. The Morgan fingerprint density at radius 2 is 2.19 bits per heavy atom. The van der Waals surface area contributed by atoms with Gasteiger partial charge in [0.2, 0.25) is 5.91 Å². The zero-order chi connectivity index (χ0) is 15.2. The van der Waals surface area contributed by atoms with Gasteiger partial charge in [-0.25, -0.2) is 0 Å². The zero-order valence-corrected chi connectivity index (χ0v) is 13.4. The average molecular weight is 354 g/mol. The fourth-order valence-corrected chi connectivity index (χ4v) is 2.96. The molecule has 0 bridgehead atoms. The maximum atomic E-state index is 12.2. The first kappa shape index (κ1) is 16.0. The van der Waals surface area contributed by atoms with Crippen molar-refractivity contribution in [2.24, 2.45) is 5.73 Å². The van der Waals surface area contributed by atoms with Crippen LogP contribution in [-0.4, -0.2) is 42.4 Å². The maximum absolute atomic E-state index is 12.2. The molecule has 0 spiro atoms. The molecule has 1 aliphatic heterocycles. The van der Waals surface area contributed by atoms with E-state index in [0.717, 1.165) is 30.3 Å². The number of hydrogen-bond acceptors (Lipinski definition) is 3. The van der Waals surface area contributed by atoms with Gasteiger partial charge in [0.1, 0.15) is 0 Å². The van der Waals surface area contributed by atoms with Crippen LogP contribution < -0.4 is 11.1 Å². The van der Waals surface area contributed by atoms with Gasteiger partial charge in [-0.05, 0) is 37.5 Å². The Balaban J connectivity index is 1.90. The van der Waals surface area contributed by atoms with Gasteiger partial charge < -0.3 is 16.0 Å². The summed E-state index contributed by atoms with van der Waals surface area (Å²) in [6, 6.07) is 7.18. The second-order valence-corrected chi connectivity index (χ2v) is 6.08. The van der Waals surface area contributed by atoms with Gasteiger partial charge in [0.25, 0.3) is 5.91 Å². The lowest BCUT2D eigenvalue weighted by molar-refractivity contribution is -0.133. The van der Waals surface area contributed by atoms with Crippen LogP contribution in [0.15, 0.2) is 28.7 Å². The van der Waals surface area contributed by atoms with Crippen LogP contribution in [0.4, 0.5) is 0 Å². The van der Waals surface area contributed by atoms with Crippen molar-refractivity contribution in [3.63, 3.8) is 0 Å². The molecule has 1 unspecified atom stereocenters. The third-order valence-electron chi connectivity index (χ3n) is 3.71. The van der Waals surface area contributed by atoms with E-state index < -0.39 is 0 Å². The second-order valence-electron chi connectivity index (χ2n) is 5.17. The third-order valence-corrected chi connectivity index (χ3v) is 4.20. The summed E-state index contributed by atoms with van der Waals surface area (Å²) in [5, 5.41) is 2.68. The summed E-state index contributed by atoms with van der Waals surface area (Å²) in [6.07, 6.45) is 3.06. The molecule has 0 saturated carbocycles. The van der Waals surface area contributed by atoms with Crippen LogP contribution >= 0.6 is 15.9 Å². The van der Waals surface area contributed by atoms with E-state index in [9.17, 15) is 9.59 Å². The van der Waals surface area contributed by atoms with Crippen LogP contribution in [-0.2, 0) is 4.79 Å². The summed E-state index contributed by atoms with van der Waals surface area (Å²) in [4.78, 5) is 26.0. The molecule has 3 N–H and O–H groups in total. The first-order chi connectivity index (χ1) is 10.1. The van der Waals surface area contributed by atoms with Gasteiger partial charge >= 0.3 is 0 Å². The first-order valence-electron chi connectivity index (χ1n) is 7.15. The number of nitrogens with two attached hydrogens (primary N) is 1. The van der Waals surface area contributed by atoms with Crippen molar-refractivity contribution in [2.45, 2.75) is 25.3 Å². The molecule has 1 saturated heterocycles. The van der Waals surface area contributed by atoms with Crippen molar-refractivity contribution >= 4 is 27.7 Å². The Hall–Kier alpha value is -1.40. The molecule has 1 fully saturated rings. The number of nitrogens with zero attached hydrogens (tertiary/aromatic N) is 1. The van der Waals surface area contributed by atoms with Crippen molar-refractivity contribution in [2.75, 3.05) is 19.6 Å². The van der Waals surface area contributed by atoms with Gasteiger partial charge in [0, 0.05) is 29.2 Å². The molecule has 1 heterocycles. The molecule has 21 heavy (non-hydrogen) atoms. The molecule has 1 atom stereocenters. The van der Waals surface area contributed by atoms with Crippen LogP contribution in [0.3, 0.4) is 0 Å². The largest absolute Gasteiger partial charge is 0.343 e. The minimum absolute atomic E-state index is 0.0157. The number of benzene rings is 1. The van der Waals surface area contributed by atoms with Crippen molar-refractivity contribution < 1.29 is 9.59 Å². The summed E-state index contributed by atoms with van der Waals surface area (Å²) >= 11 is 3.32. The zero-order valence-electron chi connectivity index (χ0n) is 11.8. The number of hydrogen-bond donors (Lipinski definition) is 2. The number of nitrogens with one attached hydrogen (secondary N) is 1. The molecule has 2 amide bonds. The molecule has 5 nitrogen and oxygen atoms in total. The number of halogens is 1. The highest BCUT2D eigenvalue weighted by atomic mass is 79.9. The highest BCUT2D eigenvalue weighted by Crippen LogP contribution is 2.16. The van der Waals surface area contributed by atoms with Gasteiger partial charge in [-0.15, -0.1) is 0 Å². The van der Waals surface area contributed by atoms with E-state index >= 15 is 0 Å². The van der Waals surface area contributed by atoms with Gasteiger partial charge in [0.15, 0.2) is 0 Å². The lowest BCUT2D eigenvalue weighted by atomic mass is 10.0. The quantitative estimate of drug-likeness (QED) is 0.861. The van der Waals surface area contributed by atoms with Crippen LogP contribution in [0.2, 0.25) is 0 Å². The molecule has 0 aromatic heterocycles. The highest BCUT2D eigenvalue weighted by Gasteiger charge is 2.25. The number of carbonyl (C=O) groups excluding carboxylic acids is 2. The van der Waals surface area contributed by atoms with E-state index in [0.29, 0.717) is 12.1 Å². The Bertz CT molecular complexity index is 521. The maximum Gasteiger partial charge on any atom is 0.251 e. The molecular weight excluding hydrogens is 334 g/mol. The van der Waals surface area contributed by atoms with E-state index in [1.807, 2.05) is 6.07 Å². The topological polar surface area (TPSA) is 75.4 Å². The smallest absolute Gasteiger partial charge is 0.251 e. The molecule has 114 valence electrons. The lowest BCUT2D eigenvalue weighted by Gasteiger charge is -2.35. The summed E-state index contributed by atoms with van der Waals surface area (Å²) in [7, 11) is 0. The molecule has 1 aromatic rings. The van der Waals surface area contributed by atoms with Gasteiger partial charge in [-0.1, -0.05) is 22.0 Å². The Morgan fingerprint density at radius 1 is 1.38 bits per heavy atom. The van der Waals surface area contributed by atoms with Gasteiger partial charge in [0.05, 0.1) is 6.54 Å². The molecule has 1 aliphatic rings. The van der Waals surface area contributed by atoms with Crippen LogP contribution in [0.1, 0.15) is 29.6 Å². The Morgan fingerprint density at radius 3 is 2.90 bits per heavy atom. The standard InChI is InChI=1S/C15H20BrN3O2/c16-12-5-3-4-11(8-12)15(21)18-10-14(20)19-7-2-1-6-13(19)9-17/h3-5,8,13H,1-2,6-7,9-10,17H2,(H,18,21). The molecule has 0 aliphatic carbocycles. The van der Waals surface area contributed by atoms with Crippen molar-refractivity contribution in [1.82, 2.24) is 10.2 Å². The fraction of sp³-hybridized carbons (Fsp3) is 0.467. The van der Waals surface area contributed by atoms with Gasteiger partial charge in [-0.2, -0.15) is 0 Å². The number of likely N-dealkylation sites (tertiary alicyclic amines) is 1. The number of rotatable bonds is 4. The minimum atomic E-state index is -0.244. The Labute approximate surface area is 133 Å². The average Bonchev–Trinajstić information content (AvgIpc) is 2.52. The molecule has 6 heteroatoms. The van der Waals surface area contributed by atoms with E-state index in [4.69, 9.17) is 5.73 Å². The molecule has 1 aromatic carbocycles. The van der Waals surface area contributed by atoms with Crippen molar-refractivity contribution in [3.8, 4) is 0 Å². The minimum Gasteiger partial charge on any atom is -0.343 e. The SMILES string of the molecule is NCC1CCCCN1C(=O)CNC(=O)c1cccc(Br)c1. The van der Waals surface area contributed by atoms with Crippen LogP contribution in [0.25, 0.3) is 0 Å². The molecule has 0 radical (unpaired) electrons. The van der Waals surface area contributed by atoms with Crippen LogP contribution in [0.5, 0.6) is 0 Å². The van der Waals surface area contributed by atoms with Crippen molar-refractivity contribution in [1.29, 1.82) is 0 Å². The summed E-state index contributed by atoms with van der Waals surface area (Å²) in [5.41, 5.74) is 6.24. The predicted molar refractivity (Wildman–Crippen MR) is 84.9 cm³/mol. The van der Waals surface area contributed by atoms with E-state index in [2.05, 4.69) is 21.2 Å². The molecule has 2 rings (SSSR count). The monoisotopic (exact) mass is 353 g/mol. The second kappa shape index (κ2) is 7.56. The first-order valence-corrected chi connectivity index (χ1v) is 7.94. The van der Waals surface area contributed by atoms with E-state index in [1.54, 1.807) is 23.1 Å². The van der Waals surface area contributed by atoms with E-state index in [-0.39, 0.29) is 24.4 Å². The van der Waals surface area contributed by atoms with Gasteiger partial charge in [-0.3, -0.25) is 9.59 Å². The van der Waals surface area contributed by atoms with E-state index in [1.165, 1.54) is 0 Å². The number of carbonyl (C=O) groups is 2. The summed E-state index contributed by atoms with van der Waals surface area (Å²) in [6.45, 7) is 1.22. The molecular formula is C15H20BrN3O2. The number of amides is 2. The lowest BCUT2D eigenvalue weighted by Crippen LogP contribution is -2.50. The summed E-state index contributed by atoms with van der Waals surface area (Å²) in [5.74, 6) is -0.306. The van der Waals surface area contributed by atoms with Crippen molar-refractivity contribution in [3.05, 3.63) is 34.3 Å². The van der Waals surface area contributed by atoms with Crippen LogP contribution in [0, 0.1) is 0 Å².